The molecule has 1 N–H and O–H groups in total. The van der Waals surface area contributed by atoms with Gasteiger partial charge in [0.15, 0.2) is 0 Å². The number of nitrogens with zero attached hydrogens (tertiary/aromatic N) is 2. The molecule has 10 heteroatoms. The van der Waals surface area contributed by atoms with E-state index in [-0.39, 0.29) is 29.8 Å². The van der Waals surface area contributed by atoms with Gasteiger partial charge in [-0.15, -0.1) is 0 Å². The van der Waals surface area contributed by atoms with Gasteiger partial charge in [-0.1, -0.05) is 90.3 Å². The molecule has 0 saturated carbocycles. The third kappa shape index (κ3) is 9.15. The summed E-state index contributed by atoms with van der Waals surface area (Å²) in [7, 11) is -4.22. The molecule has 0 aliphatic carbocycles. The molecule has 248 valence electrons. The zero-order chi connectivity index (χ0) is 34.3. The molecule has 47 heavy (non-hydrogen) atoms. The quantitative estimate of drug-likeness (QED) is 0.156. The Labute approximate surface area is 288 Å². The lowest BCUT2D eigenvalue weighted by Gasteiger charge is -2.34. The Morgan fingerprint density at radius 2 is 1.40 bits per heavy atom. The first-order valence-corrected chi connectivity index (χ1v) is 17.7. The van der Waals surface area contributed by atoms with Gasteiger partial charge in [-0.25, -0.2) is 8.42 Å². The van der Waals surface area contributed by atoms with Crippen molar-refractivity contribution in [3.8, 4) is 0 Å². The van der Waals surface area contributed by atoms with Crippen LogP contribution in [0.2, 0.25) is 10.0 Å². The van der Waals surface area contributed by atoms with E-state index in [1.807, 2.05) is 71.0 Å². The van der Waals surface area contributed by atoms with Crippen LogP contribution in [0.1, 0.15) is 48.1 Å². The molecule has 4 aromatic carbocycles. The van der Waals surface area contributed by atoms with Crippen LogP contribution < -0.4 is 9.62 Å². The molecule has 0 aliphatic heterocycles. The zero-order valence-electron chi connectivity index (χ0n) is 27.3. The van der Waals surface area contributed by atoms with Gasteiger partial charge >= 0.3 is 0 Å². The summed E-state index contributed by atoms with van der Waals surface area (Å²) in [6, 6.07) is 25.2. The molecule has 0 spiro atoms. The number of carbonyl (C=O) groups excluding carboxylic acids is 2. The lowest BCUT2D eigenvalue weighted by Crippen LogP contribution is -2.54. The van der Waals surface area contributed by atoms with Gasteiger partial charge in [-0.2, -0.15) is 0 Å². The fourth-order valence-electron chi connectivity index (χ4n) is 5.31. The lowest BCUT2D eigenvalue weighted by atomic mass is 10.0. The first kappa shape index (κ1) is 36.0. The number of hydrogen-bond donors (Lipinski definition) is 1. The minimum atomic E-state index is -4.22. The van der Waals surface area contributed by atoms with Crippen LogP contribution in [0, 0.1) is 20.8 Å². The highest BCUT2D eigenvalue weighted by molar-refractivity contribution is 7.92. The number of nitrogens with one attached hydrogen (secondary N) is 1. The van der Waals surface area contributed by atoms with Gasteiger partial charge in [-0.05, 0) is 87.2 Å². The van der Waals surface area contributed by atoms with E-state index >= 15 is 0 Å². The fraction of sp³-hybridized carbons (Fsp3) is 0.297. The monoisotopic (exact) mass is 693 g/mol. The maximum atomic E-state index is 14.7. The second-order valence-electron chi connectivity index (χ2n) is 11.9. The van der Waals surface area contributed by atoms with Gasteiger partial charge in [0.25, 0.3) is 10.0 Å². The first-order chi connectivity index (χ1) is 22.3. The second kappa shape index (κ2) is 15.8. The zero-order valence-corrected chi connectivity index (χ0v) is 29.7. The topological polar surface area (TPSA) is 86.8 Å². The van der Waals surface area contributed by atoms with E-state index in [0.29, 0.717) is 27.7 Å². The first-order valence-electron chi connectivity index (χ1n) is 15.5. The van der Waals surface area contributed by atoms with E-state index in [9.17, 15) is 18.0 Å². The number of halogens is 2. The van der Waals surface area contributed by atoms with E-state index in [2.05, 4.69) is 5.32 Å². The molecule has 0 heterocycles. The molecule has 0 fully saturated rings. The molecule has 0 aromatic heterocycles. The maximum absolute atomic E-state index is 14.7. The van der Waals surface area contributed by atoms with Gasteiger partial charge in [0.2, 0.25) is 11.8 Å². The molecule has 4 aromatic rings. The summed E-state index contributed by atoms with van der Waals surface area (Å²) in [6.45, 7) is 8.78. The van der Waals surface area contributed by atoms with Crippen LogP contribution in [0.3, 0.4) is 0 Å². The van der Waals surface area contributed by atoms with Crippen molar-refractivity contribution in [1.29, 1.82) is 0 Å². The molecule has 7 nitrogen and oxygen atoms in total. The van der Waals surface area contributed by atoms with Gasteiger partial charge in [0.05, 0.1) is 10.6 Å². The fourth-order valence-corrected chi connectivity index (χ4v) is 7.22. The predicted molar refractivity (Wildman–Crippen MR) is 190 cm³/mol. The summed E-state index contributed by atoms with van der Waals surface area (Å²) >= 11 is 13.2. The van der Waals surface area contributed by atoms with Crippen molar-refractivity contribution in [3.05, 3.63) is 129 Å². The van der Waals surface area contributed by atoms with Crippen LogP contribution in [-0.4, -0.2) is 43.8 Å². The molecule has 0 saturated heterocycles. The Bertz CT molecular complexity index is 1780. The van der Waals surface area contributed by atoms with Gasteiger partial charge in [0.1, 0.15) is 12.6 Å². The van der Waals surface area contributed by atoms with E-state index in [1.54, 1.807) is 42.5 Å². The van der Waals surface area contributed by atoms with E-state index in [0.717, 1.165) is 26.6 Å². The van der Waals surface area contributed by atoms with Gasteiger partial charge in [-0.3, -0.25) is 13.9 Å². The number of carbonyl (C=O) groups is 2. The van der Waals surface area contributed by atoms with Crippen LogP contribution in [0.4, 0.5) is 5.69 Å². The summed E-state index contributed by atoms with van der Waals surface area (Å²) in [6.07, 6.45) is 0.870. The summed E-state index contributed by atoms with van der Waals surface area (Å²) in [5, 5.41) is 3.69. The molecule has 0 bridgehead atoms. The predicted octanol–water partition coefficient (Wildman–Crippen LogP) is 7.67. The van der Waals surface area contributed by atoms with Gasteiger partial charge in [0, 0.05) is 34.6 Å². The highest BCUT2D eigenvalue weighted by Gasteiger charge is 2.35. The number of aryl methyl sites for hydroxylation is 3. The van der Waals surface area contributed by atoms with Crippen LogP contribution >= 0.6 is 23.2 Å². The number of sulfonamides is 1. The van der Waals surface area contributed by atoms with Crippen LogP contribution in [0.25, 0.3) is 0 Å². The van der Waals surface area contributed by atoms with Crippen LogP contribution in [0.15, 0.2) is 95.9 Å². The molecule has 0 unspecified atom stereocenters. The van der Waals surface area contributed by atoms with E-state index in [1.165, 1.54) is 17.0 Å². The molecule has 2 atom stereocenters. The largest absolute Gasteiger partial charge is 0.352 e. The summed E-state index contributed by atoms with van der Waals surface area (Å²) in [5.41, 5.74) is 4.21. The normalized spacial score (nSPS) is 12.7. The number of rotatable bonds is 13. The summed E-state index contributed by atoms with van der Waals surface area (Å²) < 4.78 is 29.7. The number of hydrogen-bond acceptors (Lipinski definition) is 4. The Kier molecular flexibility index (Phi) is 12.1. The minimum absolute atomic E-state index is 0.0473. The third-order valence-electron chi connectivity index (χ3n) is 8.04. The van der Waals surface area contributed by atoms with Crippen molar-refractivity contribution in [2.45, 2.75) is 71.0 Å². The standard InChI is InChI=1S/C37H41Cl2N3O4S/c1-6-28(5)40-37(44)35(22-29-11-8-7-9-12-29)41(23-32-33(38)13-10-14-34(32)39)36(43)24-42(30-20-26(3)19-27(4)21-30)47(45,46)31-17-15-25(2)16-18-31/h7-21,28,35H,6,22-24H2,1-5H3,(H,40,44)/t28-,35-/m1/s1. The molecule has 0 aliphatic rings. The SMILES string of the molecule is CC[C@@H](C)NC(=O)[C@@H](Cc1ccccc1)N(Cc1c(Cl)cccc1Cl)C(=O)CN(c1cc(C)cc(C)c1)S(=O)(=O)c1ccc(C)cc1. The molecular formula is C37H41Cl2N3O4S. The van der Waals surface area contributed by atoms with Crippen molar-refractivity contribution in [3.63, 3.8) is 0 Å². The summed E-state index contributed by atoms with van der Waals surface area (Å²) in [4.78, 5) is 30.2. The number of anilines is 1. The van der Waals surface area contributed by atoms with Crippen molar-refractivity contribution in [2.24, 2.45) is 0 Å². The highest BCUT2D eigenvalue weighted by atomic mass is 35.5. The van der Waals surface area contributed by atoms with Crippen LogP contribution in [0.5, 0.6) is 0 Å². The Morgan fingerprint density at radius 1 is 0.809 bits per heavy atom. The van der Waals surface area contributed by atoms with Crippen LogP contribution in [-0.2, 0) is 32.6 Å². The average Bonchev–Trinajstić information content (AvgIpc) is 3.02. The number of amides is 2. The Balaban J connectivity index is 1.87. The van der Waals surface area contributed by atoms with Crippen molar-refractivity contribution in [1.82, 2.24) is 10.2 Å². The number of benzene rings is 4. The highest BCUT2D eigenvalue weighted by Crippen LogP contribution is 2.30. The summed E-state index contributed by atoms with van der Waals surface area (Å²) in [5.74, 6) is -0.949. The van der Waals surface area contributed by atoms with Crippen molar-refractivity contribution >= 4 is 50.7 Å². The van der Waals surface area contributed by atoms with Crippen molar-refractivity contribution in [2.75, 3.05) is 10.8 Å². The second-order valence-corrected chi connectivity index (χ2v) is 14.6. The minimum Gasteiger partial charge on any atom is -0.352 e. The molecule has 4 rings (SSSR count). The third-order valence-corrected chi connectivity index (χ3v) is 10.5. The van der Waals surface area contributed by atoms with Gasteiger partial charge < -0.3 is 10.2 Å². The smallest absolute Gasteiger partial charge is 0.264 e. The average molecular weight is 695 g/mol. The molecule has 0 radical (unpaired) electrons. The molecular weight excluding hydrogens is 653 g/mol. The Morgan fingerprint density at radius 3 is 1.98 bits per heavy atom. The van der Waals surface area contributed by atoms with E-state index < -0.39 is 28.5 Å². The van der Waals surface area contributed by atoms with E-state index in [4.69, 9.17) is 23.2 Å². The van der Waals surface area contributed by atoms with Crippen molar-refractivity contribution < 1.29 is 18.0 Å². The maximum Gasteiger partial charge on any atom is 0.264 e. The lowest BCUT2D eigenvalue weighted by molar-refractivity contribution is -0.140. The molecule has 2 amide bonds. The Hall–Kier alpha value is -3.85.